The number of ether oxygens (including phenoxy) is 1. The van der Waals surface area contributed by atoms with Crippen LogP contribution in [0.4, 0.5) is 15.8 Å². The molecule has 0 bridgehead atoms. The number of anilines is 2. The van der Waals surface area contributed by atoms with Crippen LogP contribution in [0.5, 0.6) is 5.75 Å². The number of nitrogen functional groups attached to an aromatic ring is 1. The van der Waals surface area contributed by atoms with Crippen molar-refractivity contribution in [2.75, 3.05) is 24.2 Å². The highest BCUT2D eigenvalue weighted by Gasteiger charge is 2.14. The van der Waals surface area contributed by atoms with Crippen LogP contribution >= 0.6 is 0 Å². The molecule has 0 saturated heterocycles. The van der Waals surface area contributed by atoms with E-state index >= 15 is 0 Å². The van der Waals surface area contributed by atoms with Crippen LogP contribution < -0.4 is 15.8 Å². The number of rotatable bonds is 5. The molecule has 1 aromatic rings. The number of nitrogens with two attached hydrogens (primary N) is 1. The number of hydrogen-bond donors (Lipinski definition) is 2. The van der Waals surface area contributed by atoms with Crippen LogP contribution in [-0.4, -0.2) is 13.2 Å². The van der Waals surface area contributed by atoms with Gasteiger partial charge in [-0.15, -0.1) is 0 Å². The van der Waals surface area contributed by atoms with Crippen molar-refractivity contribution in [2.45, 2.75) is 39.0 Å². The first-order chi connectivity index (χ1) is 9.20. The molecule has 1 aliphatic carbocycles. The van der Waals surface area contributed by atoms with Crippen molar-refractivity contribution in [3.63, 3.8) is 0 Å². The van der Waals surface area contributed by atoms with E-state index in [0.717, 1.165) is 12.2 Å². The largest absolute Gasteiger partial charge is 0.491 e. The maximum absolute atomic E-state index is 13.6. The van der Waals surface area contributed by atoms with Crippen molar-refractivity contribution in [1.82, 2.24) is 0 Å². The zero-order valence-electron chi connectivity index (χ0n) is 11.5. The van der Waals surface area contributed by atoms with Gasteiger partial charge in [0.1, 0.15) is 0 Å². The first-order valence-electron chi connectivity index (χ1n) is 7.16. The summed E-state index contributed by atoms with van der Waals surface area (Å²) in [5.74, 6) is 0.569. The second-order valence-corrected chi connectivity index (χ2v) is 5.19. The van der Waals surface area contributed by atoms with Gasteiger partial charge in [0.25, 0.3) is 0 Å². The Bertz CT molecular complexity index is 417. The van der Waals surface area contributed by atoms with Crippen LogP contribution in [0, 0.1) is 11.7 Å². The van der Waals surface area contributed by atoms with Crippen LogP contribution in [0.2, 0.25) is 0 Å². The molecule has 1 saturated carbocycles. The monoisotopic (exact) mass is 266 g/mol. The summed E-state index contributed by atoms with van der Waals surface area (Å²) in [5, 5.41) is 3.34. The maximum Gasteiger partial charge on any atom is 0.167 e. The summed E-state index contributed by atoms with van der Waals surface area (Å²) in [4.78, 5) is 0. The van der Waals surface area contributed by atoms with Gasteiger partial charge < -0.3 is 15.8 Å². The maximum atomic E-state index is 13.6. The van der Waals surface area contributed by atoms with E-state index in [1.807, 2.05) is 6.92 Å². The van der Waals surface area contributed by atoms with E-state index in [4.69, 9.17) is 10.5 Å². The van der Waals surface area contributed by atoms with Crippen molar-refractivity contribution in [2.24, 2.45) is 5.92 Å². The first-order valence-corrected chi connectivity index (χ1v) is 7.16. The van der Waals surface area contributed by atoms with E-state index in [9.17, 15) is 4.39 Å². The third kappa shape index (κ3) is 3.75. The fourth-order valence-electron chi connectivity index (χ4n) is 2.63. The molecule has 106 valence electrons. The van der Waals surface area contributed by atoms with E-state index in [0.29, 0.717) is 18.2 Å². The lowest BCUT2D eigenvalue weighted by molar-refractivity contribution is 0.322. The van der Waals surface area contributed by atoms with Crippen LogP contribution in [-0.2, 0) is 0 Å². The smallest absolute Gasteiger partial charge is 0.167 e. The van der Waals surface area contributed by atoms with Crippen molar-refractivity contribution in [1.29, 1.82) is 0 Å². The third-order valence-corrected chi connectivity index (χ3v) is 3.71. The molecule has 0 aromatic heterocycles. The summed E-state index contributed by atoms with van der Waals surface area (Å²) in [7, 11) is 0. The minimum absolute atomic E-state index is 0.267. The Morgan fingerprint density at radius 1 is 1.32 bits per heavy atom. The van der Waals surface area contributed by atoms with Crippen LogP contribution in [0.3, 0.4) is 0 Å². The molecule has 3 nitrogen and oxygen atoms in total. The number of halogens is 1. The molecule has 0 radical (unpaired) electrons. The minimum Gasteiger partial charge on any atom is -0.491 e. The first kappa shape index (κ1) is 14.0. The second-order valence-electron chi connectivity index (χ2n) is 5.19. The molecule has 19 heavy (non-hydrogen) atoms. The average Bonchev–Trinajstić information content (AvgIpc) is 2.42. The lowest BCUT2D eigenvalue weighted by Gasteiger charge is -2.23. The normalized spacial score (nSPS) is 16.3. The standard InChI is InChI=1S/C15H23FN2O/c1-2-19-15-9-14(13(17)8-12(15)16)18-10-11-6-4-3-5-7-11/h8-9,11,18H,2-7,10,17H2,1H3. The topological polar surface area (TPSA) is 47.3 Å². The van der Waals surface area contributed by atoms with Crippen molar-refractivity contribution in [3.8, 4) is 5.75 Å². The van der Waals surface area contributed by atoms with E-state index < -0.39 is 5.82 Å². The Morgan fingerprint density at radius 2 is 2.05 bits per heavy atom. The predicted octanol–water partition coefficient (Wildman–Crippen LogP) is 3.80. The Kier molecular flexibility index (Phi) is 4.88. The molecule has 3 N–H and O–H groups in total. The summed E-state index contributed by atoms with van der Waals surface area (Å²) in [6, 6.07) is 2.99. The van der Waals surface area contributed by atoms with Gasteiger partial charge in [-0.2, -0.15) is 0 Å². The summed E-state index contributed by atoms with van der Waals surface area (Å²) < 4.78 is 18.8. The Labute approximate surface area is 114 Å². The molecule has 1 aromatic carbocycles. The number of hydrogen-bond acceptors (Lipinski definition) is 3. The Hall–Kier alpha value is -1.45. The Balaban J connectivity index is 2.00. The van der Waals surface area contributed by atoms with Crippen LogP contribution in [0.1, 0.15) is 39.0 Å². The quantitative estimate of drug-likeness (QED) is 0.797. The molecule has 0 amide bonds. The SMILES string of the molecule is CCOc1cc(NCC2CCCCC2)c(N)cc1F. The van der Waals surface area contributed by atoms with Gasteiger partial charge in [0.05, 0.1) is 18.0 Å². The molecule has 0 spiro atoms. The van der Waals surface area contributed by atoms with Gasteiger partial charge in [-0.05, 0) is 25.7 Å². The molecule has 0 unspecified atom stereocenters. The molecule has 2 rings (SSSR count). The van der Waals surface area contributed by atoms with E-state index in [-0.39, 0.29) is 5.75 Å². The van der Waals surface area contributed by atoms with Crippen molar-refractivity contribution in [3.05, 3.63) is 17.9 Å². The molecule has 0 aliphatic heterocycles. The number of benzene rings is 1. The third-order valence-electron chi connectivity index (χ3n) is 3.71. The van der Waals surface area contributed by atoms with Gasteiger partial charge in [0.15, 0.2) is 11.6 Å². The Morgan fingerprint density at radius 3 is 2.74 bits per heavy atom. The van der Waals surface area contributed by atoms with Gasteiger partial charge >= 0.3 is 0 Å². The predicted molar refractivity (Wildman–Crippen MR) is 77.0 cm³/mol. The molecular formula is C15H23FN2O. The highest BCUT2D eigenvalue weighted by Crippen LogP contribution is 2.30. The van der Waals surface area contributed by atoms with E-state index in [2.05, 4.69) is 5.32 Å². The lowest BCUT2D eigenvalue weighted by Crippen LogP contribution is -2.17. The van der Waals surface area contributed by atoms with Gasteiger partial charge in [-0.25, -0.2) is 4.39 Å². The summed E-state index contributed by atoms with van der Waals surface area (Å²) in [5.41, 5.74) is 7.06. The summed E-state index contributed by atoms with van der Waals surface area (Å²) in [6.45, 7) is 3.19. The van der Waals surface area contributed by atoms with Crippen LogP contribution in [0.15, 0.2) is 12.1 Å². The second kappa shape index (κ2) is 6.64. The highest BCUT2D eigenvalue weighted by molar-refractivity contribution is 5.68. The van der Waals surface area contributed by atoms with Crippen molar-refractivity contribution >= 4 is 11.4 Å². The average molecular weight is 266 g/mol. The zero-order chi connectivity index (χ0) is 13.7. The van der Waals surface area contributed by atoms with Gasteiger partial charge in [0, 0.05) is 18.7 Å². The van der Waals surface area contributed by atoms with E-state index in [1.165, 1.54) is 38.2 Å². The highest BCUT2D eigenvalue weighted by atomic mass is 19.1. The van der Waals surface area contributed by atoms with Crippen LogP contribution in [0.25, 0.3) is 0 Å². The molecule has 0 atom stereocenters. The lowest BCUT2D eigenvalue weighted by atomic mass is 9.89. The molecule has 0 heterocycles. The van der Waals surface area contributed by atoms with Crippen molar-refractivity contribution < 1.29 is 9.13 Å². The number of nitrogens with one attached hydrogen (secondary N) is 1. The summed E-state index contributed by atoms with van der Waals surface area (Å²) in [6.07, 6.45) is 6.52. The minimum atomic E-state index is -0.400. The summed E-state index contributed by atoms with van der Waals surface area (Å²) >= 11 is 0. The molecular weight excluding hydrogens is 243 g/mol. The molecule has 4 heteroatoms. The van der Waals surface area contributed by atoms with Gasteiger partial charge in [0.2, 0.25) is 0 Å². The van der Waals surface area contributed by atoms with Gasteiger partial charge in [-0.3, -0.25) is 0 Å². The fourth-order valence-corrected chi connectivity index (χ4v) is 2.63. The fraction of sp³-hybridized carbons (Fsp3) is 0.600. The van der Waals surface area contributed by atoms with E-state index in [1.54, 1.807) is 6.07 Å². The zero-order valence-corrected chi connectivity index (χ0v) is 11.5. The van der Waals surface area contributed by atoms with Gasteiger partial charge in [-0.1, -0.05) is 19.3 Å². The molecule has 1 aliphatic rings. The molecule has 1 fully saturated rings.